The van der Waals surface area contributed by atoms with Crippen LogP contribution in [0.2, 0.25) is 0 Å². The first-order valence-electron chi connectivity index (χ1n) is 4.09. The van der Waals surface area contributed by atoms with Crippen LogP contribution >= 0.6 is 0 Å². The van der Waals surface area contributed by atoms with Gasteiger partial charge in [-0.3, -0.25) is 4.79 Å². The molecule has 2 rings (SSSR count). The van der Waals surface area contributed by atoms with Crippen molar-refractivity contribution in [1.29, 1.82) is 0 Å². The van der Waals surface area contributed by atoms with Crippen molar-refractivity contribution in [1.82, 2.24) is 0 Å². The summed E-state index contributed by atoms with van der Waals surface area (Å²) in [5.74, 6) is 0. The summed E-state index contributed by atoms with van der Waals surface area (Å²) >= 11 is 0. The number of aliphatic hydroxyl groups is 1. The first-order chi connectivity index (χ1) is 6.36. The van der Waals surface area contributed by atoms with E-state index in [1.807, 2.05) is 18.2 Å². The van der Waals surface area contributed by atoms with E-state index in [0.29, 0.717) is 0 Å². The van der Waals surface area contributed by atoms with Crippen molar-refractivity contribution in [2.45, 2.75) is 6.10 Å². The van der Waals surface area contributed by atoms with Gasteiger partial charge in [0.15, 0.2) is 0 Å². The third-order valence-corrected chi connectivity index (χ3v) is 1.54. The average molecular weight is 180 g/mol. The number of aldehydes is 1. The largest absolute Gasteiger partial charge is 0.394 e. The van der Waals surface area contributed by atoms with E-state index in [2.05, 4.69) is 4.74 Å². The predicted octanol–water partition coefficient (Wildman–Crippen LogP) is 0.877. The molecule has 1 saturated heterocycles. The molecular formula is C10H12O3. The molecule has 1 aromatic carbocycles. The van der Waals surface area contributed by atoms with Gasteiger partial charge in [-0.1, -0.05) is 30.3 Å². The second kappa shape index (κ2) is 5.45. The van der Waals surface area contributed by atoms with Gasteiger partial charge in [-0.25, -0.2) is 0 Å². The molecule has 0 spiro atoms. The first kappa shape index (κ1) is 9.89. The molecule has 1 heterocycles. The Balaban J connectivity index is 0.000000145. The number of aliphatic hydroxyl groups excluding tert-OH is 1. The maximum Gasteiger partial charge on any atom is 0.150 e. The lowest BCUT2D eigenvalue weighted by Crippen LogP contribution is -1.88. The number of hydrogen-bond acceptors (Lipinski definition) is 3. The third kappa shape index (κ3) is 4.40. The summed E-state index contributed by atoms with van der Waals surface area (Å²) in [5, 5.41) is 8.08. The van der Waals surface area contributed by atoms with Crippen molar-refractivity contribution in [2.24, 2.45) is 0 Å². The number of epoxide rings is 1. The maximum atomic E-state index is 10.0. The van der Waals surface area contributed by atoms with Crippen LogP contribution in [0.15, 0.2) is 30.3 Å². The lowest BCUT2D eigenvalue weighted by atomic mass is 10.2. The smallest absolute Gasteiger partial charge is 0.150 e. The van der Waals surface area contributed by atoms with Crippen LogP contribution in [0.3, 0.4) is 0 Å². The van der Waals surface area contributed by atoms with Gasteiger partial charge in [-0.2, -0.15) is 0 Å². The summed E-state index contributed by atoms with van der Waals surface area (Å²) in [5.41, 5.74) is 0.729. The molecule has 1 N–H and O–H groups in total. The number of rotatable bonds is 2. The SMILES string of the molecule is O=Cc1ccccc1.OCC1CO1. The van der Waals surface area contributed by atoms with Crippen LogP contribution in [0, 0.1) is 0 Å². The Bertz CT molecular complexity index is 242. The lowest BCUT2D eigenvalue weighted by Gasteiger charge is -1.81. The summed E-state index contributed by atoms with van der Waals surface area (Å²) in [6, 6.07) is 9.10. The fraction of sp³-hybridized carbons (Fsp3) is 0.300. The topological polar surface area (TPSA) is 49.8 Å². The zero-order valence-electron chi connectivity index (χ0n) is 7.22. The van der Waals surface area contributed by atoms with Gasteiger partial charge >= 0.3 is 0 Å². The molecule has 1 unspecified atom stereocenters. The molecule has 0 bridgehead atoms. The molecule has 1 fully saturated rings. The minimum atomic E-state index is 0.190. The number of benzene rings is 1. The summed E-state index contributed by atoms with van der Waals surface area (Å²) in [6.45, 7) is 0.955. The molecule has 0 aromatic heterocycles. The average Bonchev–Trinajstić information content (AvgIpc) is 3.03. The van der Waals surface area contributed by atoms with Crippen LogP contribution in [-0.4, -0.2) is 30.7 Å². The second-order valence-corrected chi connectivity index (χ2v) is 2.67. The fourth-order valence-electron chi connectivity index (χ4n) is 0.705. The van der Waals surface area contributed by atoms with Gasteiger partial charge in [0.2, 0.25) is 0 Å². The highest BCUT2D eigenvalue weighted by atomic mass is 16.6. The number of ether oxygens (including phenoxy) is 1. The van der Waals surface area contributed by atoms with Gasteiger partial charge in [0, 0.05) is 5.56 Å². The van der Waals surface area contributed by atoms with Crippen LogP contribution in [0.1, 0.15) is 10.4 Å². The quantitative estimate of drug-likeness (QED) is 0.543. The Kier molecular flexibility index (Phi) is 4.15. The van der Waals surface area contributed by atoms with Crippen LogP contribution in [0.4, 0.5) is 0 Å². The molecule has 1 atom stereocenters. The molecule has 3 heteroatoms. The highest BCUT2D eigenvalue weighted by Gasteiger charge is 2.19. The number of hydrogen-bond donors (Lipinski definition) is 1. The van der Waals surface area contributed by atoms with Gasteiger partial charge < -0.3 is 9.84 Å². The minimum Gasteiger partial charge on any atom is -0.394 e. The first-order valence-corrected chi connectivity index (χ1v) is 4.09. The van der Waals surface area contributed by atoms with E-state index in [1.165, 1.54) is 0 Å². The van der Waals surface area contributed by atoms with E-state index in [9.17, 15) is 4.79 Å². The molecule has 3 nitrogen and oxygen atoms in total. The summed E-state index contributed by atoms with van der Waals surface area (Å²) in [6.07, 6.45) is 1.02. The lowest BCUT2D eigenvalue weighted by molar-refractivity contribution is 0.112. The Morgan fingerprint density at radius 1 is 1.46 bits per heavy atom. The van der Waals surface area contributed by atoms with E-state index in [4.69, 9.17) is 5.11 Å². The molecule has 1 aliphatic rings. The van der Waals surface area contributed by atoms with Gasteiger partial charge in [-0.05, 0) is 0 Å². The summed E-state index contributed by atoms with van der Waals surface area (Å²) in [7, 11) is 0. The molecule has 13 heavy (non-hydrogen) atoms. The van der Waals surface area contributed by atoms with E-state index >= 15 is 0 Å². The standard InChI is InChI=1S/C7H6O.C3H6O2/c8-6-7-4-2-1-3-5-7;4-1-3-2-5-3/h1-6H;3-4H,1-2H2. The Labute approximate surface area is 77.0 Å². The van der Waals surface area contributed by atoms with Crippen molar-refractivity contribution in [2.75, 3.05) is 13.2 Å². The van der Waals surface area contributed by atoms with Gasteiger partial charge in [0.1, 0.15) is 12.4 Å². The van der Waals surface area contributed by atoms with Gasteiger partial charge in [0.25, 0.3) is 0 Å². The van der Waals surface area contributed by atoms with E-state index in [0.717, 1.165) is 18.5 Å². The van der Waals surface area contributed by atoms with Crippen molar-refractivity contribution in [3.63, 3.8) is 0 Å². The van der Waals surface area contributed by atoms with Crippen molar-refractivity contribution >= 4 is 6.29 Å². The molecule has 0 radical (unpaired) electrons. The molecule has 1 aliphatic heterocycles. The molecule has 1 aromatic rings. The molecule has 0 saturated carbocycles. The van der Waals surface area contributed by atoms with Crippen molar-refractivity contribution < 1.29 is 14.6 Å². The monoisotopic (exact) mass is 180 g/mol. The van der Waals surface area contributed by atoms with Crippen LogP contribution in [-0.2, 0) is 4.74 Å². The van der Waals surface area contributed by atoms with Gasteiger partial charge in [0.05, 0.1) is 13.2 Å². The van der Waals surface area contributed by atoms with Crippen molar-refractivity contribution in [3.8, 4) is 0 Å². The summed E-state index contributed by atoms with van der Waals surface area (Å²) in [4.78, 5) is 10.0. The number of carbonyl (C=O) groups excluding carboxylic acids is 1. The van der Waals surface area contributed by atoms with Crippen LogP contribution in [0.5, 0.6) is 0 Å². The minimum absolute atomic E-state index is 0.190. The van der Waals surface area contributed by atoms with Crippen molar-refractivity contribution in [3.05, 3.63) is 35.9 Å². The third-order valence-electron chi connectivity index (χ3n) is 1.54. The van der Waals surface area contributed by atoms with E-state index in [-0.39, 0.29) is 12.7 Å². The van der Waals surface area contributed by atoms with Crippen LogP contribution in [0.25, 0.3) is 0 Å². The molecule has 0 aliphatic carbocycles. The summed E-state index contributed by atoms with van der Waals surface area (Å²) < 4.78 is 4.61. The zero-order valence-corrected chi connectivity index (χ0v) is 7.22. The normalized spacial score (nSPS) is 18.4. The Morgan fingerprint density at radius 2 is 2.08 bits per heavy atom. The van der Waals surface area contributed by atoms with Crippen LogP contribution < -0.4 is 0 Å². The maximum absolute atomic E-state index is 10.0. The highest BCUT2D eigenvalue weighted by molar-refractivity contribution is 5.74. The predicted molar refractivity (Wildman–Crippen MR) is 48.7 cm³/mol. The Hall–Kier alpha value is -1.19. The highest BCUT2D eigenvalue weighted by Crippen LogP contribution is 2.04. The van der Waals surface area contributed by atoms with E-state index < -0.39 is 0 Å². The Morgan fingerprint density at radius 3 is 2.31 bits per heavy atom. The molecule has 70 valence electrons. The second-order valence-electron chi connectivity index (χ2n) is 2.67. The number of carbonyl (C=O) groups is 1. The van der Waals surface area contributed by atoms with Gasteiger partial charge in [-0.15, -0.1) is 0 Å². The fourth-order valence-corrected chi connectivity index (χ4v) is 0.705. The zero-order chi connectivity index (χ0) is 9.52. The van der Waals surface area contributed by atoms with E-state index in [1.54, 1.807) is 12.1 Å². The molecule has 0 amide bonds. The molecular weight excluding hydrogens is 168 g/mol.